The van der Waals surface area contributed by atoms with E-state index in [0.717, 1.165) is 5.56 Å². The predicted octanol–water partition coefficient (Wildman–Crippen LogP) is 0.366. The normalized spacial score (nSPS) is 14.2. The summed E-state index contributed by atoms with van der Waals surface area (Å²) >= 11 is 0. The Morgan fingerprint density at radius 2 is 2.00 bits per heavy atom. The third-order valence-corrected chi connectivity index (χ3v) is 2.37. The summed E-state index contributed by atoms with van der Waals surface area (Å²) in [6.07, 6.45) is -0.872. The van der Waals surface area contributed by atoms with Crippen LogP contribution in [0.1, 0.15) is 12.0 Å². The van der Waals surface area contributed by atoms with Crippen LogP contribution in [0.3, 0.4) is 0 Å². The first-order valence-corrected chi connectivity index (χ1v) is 5.39. The van der Waals surface area contributed by atoms with Crippen LogP contribution in [0.5, 0.6) is 0 Å². The van der Waals surface area contributed by atoms with Gasteiger partial charge in [-0.3, -0.25) is 4.79 Å². The second-order valence-corrected chi connectivity index (χ2v) is 3.76. The quantitative estimate of drug-likeness (QED) is 0.598. The Hall–Kier alpha value is -1.43. The van der Waals surface area contributed by atoms with Gasteiger partial charge in [0.15, 0.2) is 0 Å². The van der Waals surface area contributed by atoms with E-state index in [9.17, 15) is 9.90 Å². The lowest BCUT2D eigenvalue weighted by Crippen LogP contribution is -2.42. The number of aliphatic hydroxyl groups excluding tert-OH is 1. The molecule has 5 heteroatoms. The Morgan fingerprint density at radius 1 is 1.35 bits per heavy atom. The van der Waals surface area contributed by atoms with Crippen LogP contribution in [0.2, 0.25) is 0 Å². The van der Waals surface area contributed by atoms with Crippen LogP contribution < -0.4 is 5.73 Å². The average Bonchev–Trinajstić information content (AvgIpc) is 2.34. The minimum atomic E-state index is -1.25. The van der Waals surface area contributed by atoms with Crippen molar-refractivity contribution in [1.29, 1.82) is 0 Å². The zero-order valence-electron chi connectivity index (χ0n) is 9.45. The van der Waals surface area contributed by atoms with Crippen molar-refractivity contribution in [2.75, 3.05) is 6.61 Å². The fourth-order valence-corrected chi connectivity index (χ4v) is 1.31. The highest BCUT2D eigenvalue weighted by atomic mass is 16.5. The SMILES string of the molecule is N[C@@H](C(=O)O)[C@H](O)CCOCc1ccccc1. The maximum Gasteiger partial charge on any atom is 0.323 e. The highest BCUT2D eigenvalue weighted by Gasteiger charge is 2.21. The van der Waals surface area contributed by atoms with Crippen molar-refractivity contribution < 1.29 is 19.7 Å². The van der Waals surface area contributed by atoms with Gasteiger partial charge in [0.1, 0.15) is 6.04 Å². The van der Waals surface area contributed by atoms with Gasteiger partial charge in [0, 0.05) is 6.61 Å². The average molecular weight is 239 g/mol. The molecule has 2 atom stereocenters. The molecule has 0 aliphatic heterocycles. The summed E-state index contributed by atoms with van der Waals surface area (Å²) in [4.78, 5) is 10.5. The van der Waals surface area contributed by atoms with Crippen molar-refractivity contribution in [1.82, 2.24) is 0 Å². The van der Waals surface area contributed by atoms with Crippen LogP contribution in [-0.2, 0) is 16.1 Å². The standard InChI is InChI=1S/C12H17NO4/c13-11(12(15)16)10(14)6-7-17-8-9-4-2-1-3-5-9/h1-5,10-11,14H,6-8,13H2,(H,15,16)/t10-,11-/m1/s1. The Kier molecular flexibility index (Phi) is 5.62. The molecule has 0 bridgehead atoms. The van der Waals surface area contributed by atoms with E-state index in [4.69, 9.17) is 15.6 Å². The molecule has 0 fully saturated rings. The molecule has 0 aromatic heterocycles. The predicted molar refractivity (Wildman–Crippen MR) is 62.3 cm³/mol. The topological polar surface area (TPSA) is 92.8 Å². The second kappa shape index (κ2) is 7.01. The van der Waals surface area contributed by atoms with Gasteiger partial charge in [-0.15, -0.1) is 0 Å². The Balaban J connectivity index is 2.18. The highest BCUT2D eigenvalue weighted by Crippen LogP contribution is 2.03. The van der Waals surface area contributed by atoms with E-state index in [1.165, 1.54) is 0 Å². The monoisotopic (exact) mass is 239 g/mol. The van der Waals surface area contributed by atoms with Crippen molar-refractivity contribution >= 4 is 5.97 Å². The Morgan fingerprint density at radius 3 is 2.59 bits per heavy atom. The number of aliphatic hydroxyl groups is 1. The first-order valence-electron chi connectivity index (χ1n) is 5.39. The number of carboxylic acid groups (broad SMARTS) is 1. The second-order valence-electron chi connectivity index (χ2n) is 3.76. The fourth-order valence-electron chi connectivity index (χ4n) is 1.31. The fraction of sp³-hybridized carbons (Fsp3) is 0.417. The van der Waals surface area contributed by atoms with E-state index in [1.807, 2.05) is 30.3 Å². The summed E-state index contributed by atoms with van der Waals surface area (Å²) in [7, 11) is 0. The van der Waals surface area contributed by atoms with Gasteiger partial charge in [0.2, 0.25) is 0 Å². The summed E-state index contributed by atoms with van der Waals surface area (Å²) in [5.41, 5.74) is 6.28. The molecule has 1 rings (SSSR count). The molecule has 0 aliphatic carbocycles. The smallest absolute Gasteiger partial charge is 0.323 e. The van der Waals surface area contributed by atoms with E-state index < -0.39 is 18.1 Å². The van der Waals surface area contributed by atoms with Crippen LogP contribution >= 0.6 is 0 Å². The molecule has 1 aromatic carbocycles. The molecular formula is C12H17NO4. The van der Waals surface area contributed by atoms with E-state index in [2.05, 4.69) is 0 Å². The van der Waals surface area contributed by atoms with Crippen LogP contribution in [0.15, 0.2) is 30.3 Å². The maximum absolute atomic E-state index is 10.5. The summed E-state index contributed by atoms with van der Waals surface area (Å²) in [5, 5.41) is 18.0. The van der Waals surface area contributed by atoms with Crippen LogP contribution in [0.25, 0.3) is 0 Å². The molecule has 0 heterocycles. The maximum atomic E-state index is 10.5. The minimum Gasteiger partial charge on any atom is -0.480 e. The highest BCUT2D eigenvalue weighted by molar-refractivity contribution is 5.73. The summed E-state index contributed by atoms with van der Waals surface area (Å²) in [6, 6.07) is 8.34. The molecule has 0 saturated heterocycles. The molecule has 4 N–H and O–H groups in total. The summed E-state index contributed by atoms with van der Waals surface area (Å²) < 4.78 is 5.31. The number of hydrogen-bond acceptors (Lipinski definition) is 4. The van der Waals surface area contributed by atoms with Crippen molar-refractivity contribution in [3.05, 3.63) is 35.9 Å². The third-order valence-electron chi connectivity index (χ3n) is 2.37. The van der Waals surface area contributed by atoms with E-state index >= 15 is 0 Å². The lowest BCUT2D eigenvalue weighted by atomic mass is 10.1. The molecule has 0 saturated carbocycles. The summed E-state index contributed by atoms with van der Waals surface area (Å²) in [6.45, 7) is 0.715. The van der Waals surface area contributed by atoms with E-state index in [-0.39, 0.29) is 13.0 Å². The zero-order valence-corrected chi connectivity index (χ0v) is 9.45. The molecule has 0 unspecified atom stereocenters. The van der Waals surface area contributed by atoms with Gasteiger partial charge in [-0.2, -0.15) is 0 Å². The van der Waals surface area contributed by atoms with E-state index in [1.54, 1.807) is 0 Å². The number of benzene rings is 1. The van der Waals surface area contributed by atoms with Crippen molar-refractivity contribution in [3.8, 4) is 0 Å². The number of carboxylic acids is 1. The van der Waals surface area contributed by atoms with E-state index in [0.29, 0.717) is 6.61 Å². The van der Waals surface area contributed by atoms with Gasteiger partial charge < -0.3 is 20.7 Å². The molecule has 0 amide bonds. The van der Waals surface area contributed by atoms with Crippen LogP contribution in [-0.4, -0.2) is 34.9 Å². The van der Waals surface area contributed by atoms with Gasteiger partial charge in [-0.25, -0.2) is 0 Å². The lowest BCUT2D eigenvalue weighted by Gasteiger charge is -2.14. The largest absolute Gasteiger partial charge is 0.480 e. The number of hydrogen-bond donors (Lipinski definition) is 3. The molecule has 1 aromatic rings. The van der Waals surface area contributed by atoms with Crippen molar-refractivity contribution in [3.63, 3.8) is 0 Å². The Bertz CT molecular complexity index is 342. The van der Waals surface area contributed by atoms with Gasteiger partial charge in [-0.05, 0) is 12.0 Å². The number of nitrogens with two attached hydrogens (primary N) is 1. The van der Waals surface area contributed by atoms with Crippen molar-refractivity contribution in [2.45, 2.75) is 25.2 Å². The molecule has 94 valence electrons. The minimum absolute atomic E-state index is 0.209. The van der Waals surface area contributed by atoms with Crippen molar-refractivity contribution in [2.24, 2.45) is 5.73 Å². The molecule has 5 nitrogen and oxygen atoms in total. The number of carbonyl (C=O) groups is 1. The van der Waals surface area contributed by atoms with Gasteiger partial charge in [0.05, 0.1) is 12.7 Å². The summed E-state index contributed by atoms with van der Waals surface area (Å²) in [5.74, 6) is -1.21. The zero-order chi connectivity index (χ0) is 12.7. The van der Waals surface area contributed by atoms with Gasteiger partial charge >= 0.3 is 5.97 Å². The molecule has 0 spiro atoms. The van der Waals surface area contributed by atoms with Crippen LogP contribution in [0, 0.1) is 0 Å². The first-order chi connectivity index (χ1) is 8.11. The first kappa shape index (κ1) is 13.6. The third kappa shape index (κ3) is 4.95. The Labute approximate surface area is 99.8 Å². The van der Waals surface area contributed by atoms with Crippen LogP contribution in [0.4, 0.5) is 0 Å². The number of aliphatic carboxylic acids is 1. The van der Waals surface area contributed by atoms with Gasteiger partial charge in [-0.1, -0.05) is 30.3 Å². The molecule has 0 aliphatic rings. The number of rotatable bonds is 7. The molecular weight excluding hydrogens is 222 g/mol. The van der Waals surface area contributed by atoms with Gasteiger partial charge in [0.25, 0.3) is 0 Å². The molecule has 17 heavy (non-hydrogen) atoms. The molecule has 0 radical (unpaired) electrons. The number of ether oxygens (including phenoxy) is 1. The lowest BCUT2D eigenvalue weighted by molar-refractivity contribution is -0.141.